The monoisotopic (exact) mass is 412 g/mol. The van der Waals surface area contributed by atoms with Gasteiger partial charge < -0.3 is 20.7 Å². The zero-order valence-electron chi connectivity index (χ0n) is 16.6. The van der Waals surface area contributed by atoms with Crippen LogP contribution in [0.15, 0.2) is 36.2 Å². The van der Waals surface area contributed by atoms with Crippen LogP contribution in [-0.2, 0) is 6.54 Å². The molecule has 3 N–H and O–H groups in total. The van der Waals surface area contributed by atoms with Crippen molar-refractivity contribution in [1.82, 2.24) is 15.6 Å². The zero-order chi connectivity index (χ0) is 20.1. The third kappa shape index (κ3) is 5.44. The first kappa shape index (κ1) is 20.1. The van der Waals surface area contributed by atoms with E-state index in [-0.39, 0.29) is 5.91 Å². The third-order valence-electron chi connectivity index (χ3n) is 5.29. The average molecular weight is 413 g/mol. The van der Waals surface area contributed by atoms with Crippen LogP contribution in [0.2, 0.25) is 0 Å². The number of benzene rings is 1. The fraction of sp³-hybridized carbons (Fsp3) is 0.455. The second-order valence-corrected chi connectivity index (χ2v) is 8.58. The van der Waals surface area contributed by atoms with E-state index in [4.69, 9.17) is 4.74 Å². The summed E-state index contributed by atoms with van der Waals surface area (Å²) in [5.74, 6) is 1.71. The first-order chi connectivity index (χ1) is 14.2. The van der Waals surface area contributed by atoms with Gasteiger partial charge in [-0.2, -0.15) is 0 Å². The number of amides is 1. The van der Waals surface area contributed by atoms with E-state index in [0.29, 0.717) is 34.9 Å². The summed E-state index contributed by atoms with van der Waals surface area (Å²) in [6.45, 7) is 8.07. The van der Waals surface area contributed by atoms with Crippen molar-refractivity contribution < 1.29 is 9.53 Å². The predicted octanol–water partition coefficient (Wildman–Crippen LogP) is 3.54. The molecule has 0 radical (unpaired) electrons. The molecule has 1 aliphatic carbocycles. The maximum Gasteiger partial charge on any atom is 0.284 e. The standard InChI is InChI=1S/C22H28N4O2S/c1-2-9-28-20-10-15(11-24-13-16-7-8-23-12-16)3-6-18(20)25-21(27)22-26-19(14-29-22)17-4-5-17/h2-3,6,10,14,16-17,23-24H,1,4-5,7-9,11-13H2,(H,25,27). The van der Waals surface area contributed by atoms with E-state index in [2.05, 4.69) is 27.5 Å². The number of carbonyl (C=O) groups is 1. The fourth-order valence-corrected chi connectivity index (χ4v) is 4.28. The van der Waals surface area contributed by atoms with Crippen LogP contribution < -0.4 is 20.7 Å². The summed E-state index contributed by atoms with van der Waals surface area (Å²) in [5, 5.41) is 12.4. The summed E-state index contributed by atoms with van der Waals surface area (Å²) >= 11 is 1.40. The van der Waals surface area contributed by atoms with Crippen LogP contribution >= 0.6 is 11.3 Å². The SMILES string of the molecule is C=CCOc1cc(CNCC2CCNC2)ccc1NC(=O)c1nc(C2CC2)cs1. The number of ether oxygens (including phenoxy) is 1. The van der Waals surface area contributed by atoms with Crippen LogP contribution in [-0.4, -0.2) is 37.1 Å². The van der Waals surface area contributed by atoms with Gasteiger partial charge in [-0.05, 0) is 62.5 Å². The van der Waals surface area contributed by atoms with E-state index in [0.717, 1.165) is 37.4 Å². The van der Waals surface area contributed by atoms with Gasteiger partial charge in [0.2, 0.25) is 0 Å². The first-order valence-corrected chi connectivity index (χ1v) is 11.2. The van der Waals surface area contributed by atoms with Gasteiger partial charge in [0, 0.05) is 17.8 Å². The summed E-state index contributed by atoms with van der Waals surface area (Å²) in [6, 6.07) is 5.91. The normalized spacial score (nSPS) is 18.6. The molecule has 1 saturated carbocycles. The van der Waals surface area contributed by atoms with Crippen molar-refractivity contribution in [1.29, 1.82) is 0 Å². The van der Waals surface area contributed by atoms with E-state index in [9.17, 15) is 4.79 Å². The van der Waals surface area contributed by atoms with E-state index in [1.165, 1.54) is 30.6 Å². The minimum Gasteiger partial charge on any atom is -0.487 e. The largest absolute Gasteiger partial charge is 0.487 e. The molecular formula is C22H28N4O2S. The number of rotatable bonds is 10. The lowest BCUT2D eigenvalue weighted by Crippen LogP contribution is -2.24. The van der Waals surface area contributed by atoms with Gasteiger partial charge in [-0.15, -0.1) is 11.3 Å². The summed E-state index contributed by atoms with van der Waals surface area (Å²) in [4.78, 5) is 17.1. The highest BCUT2D eigenvalue weighted by molar-refractivity contribution is 7.11. The van der Waals surface area contributed by atoms with Crippen molar-refractivity contribution in [2.75, 3.05) is 31.6 Å². The second kappa shape index (κ2) is 9.52. The average Bonchev–Trinajstić information content (AvgIpc) is 3.23. The third-order valence-corrected chi connectivity index (χ3v) is 6.15. The van der Waals surface area contributed by atoms with Crippen molar-refractivity contribution in [3.05, 3.63) is 52.5 Å². The minimum absolute atomic E-state index is 0.190. The number of hydrogen-bond donors (Lipinski definition) is 3. The molecule has 2 heterocycles. The van der Waals surface area contributed by atoms with Crippen molar-refractivity contribution in [3.63, 3.8) is 0 Å². The number of thiazole rings is 1. The van der Waals surface area contributed by atoms with Crippen molar-refractivity contribution in [2.24, 2.45) is 5.92 Å². The molecule has 0 spiro atoms. The molecule has 0 bridgehead atoms. The van der Waals surface area contributed by atoms with Gasteiger partial charge in [-0.25, -0.2) is 4.98 Å². The van der Waals surface area contributed by atoms with Gasteiger partial charge >= 0.3 is 0 Å². The summed E-state index contributed by atoms with van der Waals surface area (Å²) in [5.41, 5.74) is 2.82. The molecule has 4 rings (SSSR count). The van der Waals surface area contributed by atoms with E-state index >= 15 is 0 Å². The Bertz CT molecular complexity index is 856. The summed E-state index contributed by atoms with van der Waals surface area (Å²) in [7, 11) is 0. The lowest BCUT2D eigenvalue weighted by Gasteiger charge is -2.14. The molecule has 2 aromatic rings. The molecule has 2 fully saturated rings. The highest BCUT2D eigenvalue weighted by Gasteiger charge is 2.27. The Hall–Kier alpha value is -2.22. The first-order valence-electron chi connectivity index (χ1n) is 10.3. The minimum atomic E-state index is -0.190. The molecule has 7 heteroatoms. The van der Waals surface area contributed by atoms with Gasteiger partial charge in [-0.1, -0.05) is 18.7 Å². The molecule has 154 valence electrons. The highest BCUT2D eigenvalue weighted by atomic mass is 32.1. The molecular weight excluding hydrogens is 384 g/mol. The summed E-state index contributed by atoms with van der Waals surface area (Å²) < 4.78 is 5.81. The van der Waals surface area contributed by atoms with Crippen LogP contribution in [0.1, 0.15) is 46.2 Å². The molecule has 1 amide bonds. The van der Waals surface area contributed by atoms with Crippen LogP contribution in [0, 0.1) is 5.92 Å². The fourth-order valence-electron chi connectivity index (χ4n) is 3.49. The van der Waals surface area contributed by atoms with Crippen LogP contribution in [0.4, 0.5) is 5.69 Å². The Kier molecular flexibility index (Phi) is 6.59. The topological polar surface area (TPSA) is 75.3 Å². The number of anilines is 1. The molecule has 1 aromatic heterocycles. The molecule has 1 unspecified atom stereocenters. The highest BCUT2D eigenvalue weighted by Crippen LogP contribution is 2.40. The van der Waals surface area contributed by atoms with E-state index < -0.39 is 0 Å². The Labute approximate surface area is 175 Å². The zero-order valence-corrected chi connectivity index (χ0v) is 17.4. The van der Waals surface area contributed by atoms with E-state index in [1.807, 2.05) is 23.6 Å². The predicted molar refractivity (Wildman–Crippen MR) is 117 cm³/mol. The lowest BCUT2D eigenvalue weighted by atomic mass is 10.1. The van der Waals surface area contributed by atoms with Crippen LogP contribution in [0.5, 0.6) is 5.75 Å². The van der Waals surface area contributed by atoms with Crippen LogP contribution in [0.3, 0.4) is 0 Å². The quantitative estimate of drug-likeness (QED) is 0.521. The maximum absolute atomic E-state index is 12.6. The van der Waals surface area contributed by atoms with Gasteiger partial charge in [-0.3, -0.25) is 4.79 Å². The molecule has 1 atom stereocenters. The van der Waals surface area contributed by atoms with Crippen molar-refractivity contribution in [2.45, 2.75) is 31.7 Å². The molecule has 2 aliphatic rings. The molecule has 1 aliphatic heterocycles. The maximum atomic E-state index is 12.6. The second-order valence-electron chi connectivity index (χ2n) is 7.73. The number of nitrogens with one attached hydrogen (secondary N) is 3. The lowest BCUT2D eigenvalue weighted by molar-refractivity contribution is 0.102. The Morgan fingerprint density at radius 3 is 3.03 bits per heavy atom. The molecule has 1 saturated heterocycles. The van der Waals surface area contributed by atoms with E-state index in [1.54, 1.807) is 6.08 Å². The number of carbonyl (C=O) groups excluding carboxylic acids is 1. The Morgan fingerprint density at radius 1 is 1.38 bits per heavy atom. The smallest absolute Gasteiger partial charge is 0.284 e. The van der Waals surface area contributed by atoms with Crippen molar-refractivity contribution in [3.8, 4) is 5.75 Å². The van der Waals surface area contributed by atoms with Gasteiger partial charge in [0.25, 0.3) is 5.91 Å². The van der Waals surface area contributed by atoms with Crippen LogP contribution in [0.25, 0.3) is 0 Å². The Morgan fingerprint density at radius 2 is 2.28 bits per heavy atom. The molecule has 1 aromatic carbocycles. The molecule has 6 nitrogen and oxygen atoms in total. The van der Waals surface area contributed by atoms with Gasteiger partial charge in [0.15, 0.2) is 5.01 Å². The number of nitrogens with zero attached hydrogens (tertiary/aromatic N) is 1. The van der Waals surface area contributed by atoms with Gasteiger partial charge in [0.05, 0.1) is 11.4 Å². The van der Waals surface area contributed by atoms with Crippen molar-refractivity contribution >= 4 is 22.9 Å². The number of aromatic nitrogens is 1. The number of hydrogen-bond acceptors (Lipinski definition) is 6. The van der Waals surface area contributed by atoms with Gasteiger partial charge in [0.1, 0.15) is 12.4 Å². The summed E-state index contributed by atoms with van der Waals surface area (Å²) in [6.07, 6.45) is 5.28. The Balaban J connectivity index is 1.39. The molecule has 29 heavy (non-hydrogen) atoms.